The first-order valence-corrected chi connectivity index (χ1v) is 8.16. The lowest BCUT2D eigenvalue weighted by molar-refractivity contribution is 0.240. The molecule has 0 bridgehead atoms. The number of H-pyrrole nitrogens is 1. The Morgan fingerprint density at radius 1 is 1.36 bits per heavy atom. The minimum absolute atomic E-state index is 0.681. The summed E-state index contributed by atoms with van der Waals surface area (Å²) < 4.78 is 5.86. The van der Waals surface area contributed by atoms with E-state index in [1.54, 1.807) is 6.33 Å². The number of benzene rings is 1. The molecule has 0 fully saturated rings. The molecule has 0 saturated carbocycles. The second-order valence-corrected chi connectivity index (χ2v) is 6.47. The largest absolute Gasteiger partial charge is 0.494 e. The number of hydrogen-bond acceptors (Lipinski definition) is 3. The van der Waals surface area contributed by atoms with E-state index in [2.05, 4.69) is 46.9 Å². The van der Waals surface area contributed by atoms with E-state index in [9.17, 15) is 0 Å². The Morgan fingerprint density at radius 3 is 3.14 bits per heavy atom. The fourth-order valence-corrected chi connectivity index (χ4v) is 2.81. The van der Waals surface area contributed by atoms with E-state index in [0.717, 1.165) is 44.8 Å². The summed E-state index contributed by atoms with van der Waals surface area (Å²) in [5, 5.41) is 0. The Bertz CT molecular complexity index is 606. The molecule has 1 aliphatic rings. The van der Waals surface area contributed by atoms with Gasteiger partial charge in [-0.3, -0.25) is 4.90 Å². The summed E-state index contributed by atoms with van der Waals surface area (Å²) in [5.74, 6) is 1.66. The van der Waals surface area contributed by atoms with Gasteiger partial charge in [0.25, 0.3) is 0 Å². The van der Waals surface area contributed by atoms with Crippen LogP contribution in [0.2, 0.25) is 0 Å². The molecule has 4 heteroatoms. The standard InChI is InChI=1S/C18H25N3O/c1-14(2)7-9-22-16-5-3-4-15(10-16)11-21-8-6-17-18(12-21)20-13-19-17/h3-5,10,13-14H,6-9,11-12H2,1-2H3,(H,19,20). The summed E-state index contributed by atoms with van der Waals surface area (Å²) in [5.41, 5.74) is 3.79. The van der Waals surface area contributed by atoms with E-state index < -0.39 is 0 Å². The average Bonchev–Trinajstić information content (AvgIpc) is 2.95. The van der Waals surface area contributed by atoms with Gasteiger partial charge < -0.3 is 9.72 Å². The van der Waals surface area contributed by atoms with Gasteiger partial charge in [0.15, 0.2) is 0 Å². The molecule has 0 atom stereocenters. The lowest BCUT2D eigenvalue weighted by atomic mass is 10.1. The van der Waals surface area contributed by atoms with Crippen LogP contribution in [0.4, 0.5) is 0 Å². The summed E-state index contributed by atoms with van der Waals surface area (Å²) in [4.78, 5) is 10.1. The highest BCUT2D eigenvalue weighted by Crippen LogP contribution is 2.20. The van der Waals surface area contributed by atoms with Crippen molar-refractivity contribution in [2.24, 2.45) is 5.92 Å². The van der Waals surface area contributed by atoms with Crippen LogP contribution in [0.15, 0.2) is 30.6 Å². The second kappa shape index (κ2) is 6.97. The zero-order chi connectivity index (χ0) is 15.4. The first-order chi connectivity index (χ1) is 10.7. The van der Waals surface area contributed by atoms with Crippen LogP contribution >= 0.6 is 0 Å². The molecule has 3 rings (SSSR count). The van der Waals surface area contributed by atoms with Crippen molar-refractivity contribution < 1.29 is 4.74 Å². The highest BCUT2D eigenvalue weighted by Gasteiger charge is 2.18. The third-order valence-electron chi connectivity index (χ3n) is 4.12. The van der Waals surface area contributed by atoms with Crippen LogP contribution in [0.1, 0.15) is 37.2 Å². The van der Waals surface area contributed by atoms with Crippen molar-refractivity contribution in [1.82, 2.24) is 14.9 Å². The first-order valence-electron chi connectivity index (χ1n) is 8.16. The van der Waals surface area contributed by atoms with Crippen molar-refractivity contribution in [2.45, 2.75) is 39.8 Å². The van der Waals surface area contributed by atoms with Gasteiger partial charge in [-0.25, -0.2) is 4.98 Å². The number of hydrogen-bond donors (Lipinski definition) is 1. The molecule has 0 amide bonds. The van der Waals surface area contributed by atoms with Crippen molar-refractivity contribution in [1.29, 1.82) is 0 Å². The average molecular weight is 299 g/mol. The maximum atomic E-state index is 5.86. The third kappa shape index (κ3) is 3.89. The van der Waals surface area contributed by atoms with E-state index in [1.807, 2.05) is 6.07 Å². The molecule has 0 radical (unpaired) electrons. The van der Waals surface area contributed by atoms with Crippen LogP contribution in [0.5, 0.6) is 5.75 Å². The van der Waals surface area contributed by atoms with Crippen LogP contribution in [-0.2, 0) is 19.5 Å². The van der Waals surface area contributed by atoms with Gasteiger partial charge in [-0.1, -0.05) is 26.0 Å². The molecule has 0 unspecified atom stereocenters. The van der Waals surface area contributed by atoms with Gasteiger partial charge in [-0.2, -0.15) is 0 Å². The van der Waals surface area contributed by atoms with Gasteiger partial charge in [-0.05, 0) is 30.0 Å². The van der Waals surface area contributed by atoms with Crippen LogP contribution < -0.4 is 4.74 Å². The van der Waals surface area contributed by atoms with Gasteiger partial charge in [0.05, 0.1) is 24.3 Å². The zero-order valence-electron chi connectivity index (χ0n) is 13.5. The number of aromatic amines is 1. The van der Waals surface area contributed by atoms with E-state index in [1.165, 1.54) is 17.0 Å². The lowest BCUT2D eigenvalue weighted by Gasteiger charge is -2.26. The van der Waals surface area contributed by atoms with E-state index in [-0.39, 0.29) is 0 Å². The Hall–Kier alpha value is -1.81. The molecule has 4 nitrogen and oxygen atoms in total. The maximum Gasteiger partial charge on any atom is 0.119 e. The molecule has 1 N–H and O–H groups in total. The Kier molecular flexibility index (Phi) is 4.78. The predicted octanol–water partition coefficient (Wildman–Crippen LogP) is 3.39. The summed E-state index contributed by atoms with van der Waals surface area (Å²) in [6.07, 6.45) is 3.93. The van der Waals surface area contributed by atoms with Crippen LogP contribution in [0, 0.1) is 5.92 Å². The van der Waals surface area contributed by atoms with E-state index in [0.29, 0.717) is 5.92 Å². The zero-order valence-corrected chi connectivity index (χ0v) is 13.5. The van der Waals surface area contributed by atoms with Gasteiger partial charge in [0, 0.05) is 26.1 Å². The number of aromatic nitrogens is 2. The number of nitrogens with zero attached hydrogens (tertiary/aromatic N) is 2. The Balaban J connectivity index is 1.56. The molecular formula is C18H25N3O. The summed E-state index contributed by atoms with van der Waals surface area (Å²) in [7, 11) is 0. The number of ether oxygens (including phenoxy) is 1. The number of fused-ring (bicyclic) bond motifs is 1. The fourth-order valence-electron chi connectivity index (χ4n) is 2.81. The number of rotatable bonds is 6. The molecular weight excluding hydrogens is 274 g/mol. The molecule has 1 aliphatic heterocycles. The van der Waals surface area contributed by atoms with Gasteiger partial charge in [-0.15, -0.1) is 0 Å². The van der Waals surface area contributed by atoms with Crippen LogP contribution in [0.3, 0.4) is 0 Å². The molecule has 1 aromatic carbocycles. The number of nitrogens with one attached hydrogen (secondary N) is 1. The van der Waals surface area contributed by atoms with Crippen molar-refractivity contribution in [3.8, 4) is 5.75 Å². The van der Waals surface area contributed by atoms with Crippen LogP contribution in [0.25, 0.3) is 0 Å². The highest BCUT2D eigenvalue weighted by molar-refractivity contribution is 5.28. The van der Waals surface area contributed by atoms with Crippen molar-refractivity contribution in [3.05, 3.63) is 47.5 Å². The van der Waals surface area contributed by atoms with Crippen molar-refractivity contribution in [3.63, 3.8) is 0 Å². The van der Waals surface area contributed by atoms with Crippen molar-refractivity contribution >= 4 is 0 Å². The molecule has 0 aliphatic carbocycles. The van der Waals surface area contributed by atoms with E-state index >= 15 is 0 Å². The lowest BCUT2D eigenvalue weighted by Crippen LogP contribution is -2.30. The van der Waals surface area contributed by atoms with E-state index in [4.69, 9.17) is 4.74 Å². The van der Waals surface area contributed by atoms with Gasteiger partial charge in [0.2, 0.25) is 0 Å². The van der Waals surface area contributed by atoms with Crippen LogP contribution in [-0.4, -0.2) is 28.0 Å². The van der Waals surface area contributed by atoms with Crippen molar-refractivity contribution in [2.75, 3.05) is 13.2 Å². The molecule has 22 heavy (non-hydrogen) atoms. The monoisotopic (exact) mass is 299 g/mol. The summed E-state index contributed by atoms with van der Waals surface area (Å²) in [6, 6.07) is 8.49. The first kappa shape index (κ1) is 15.1. The molecule has 2 aromatic rings. The second-order valence-electron chi connectivity index (χ2n) is 6.47. The summed E-state index contributed by atoms with van der Waals surface area (Å²) >= 11 is 0. The fraction of sp³-hybridized carbons (Fsp3) is 0.500. The Labute approximate surface area is 132 Å². The molecule has 0 spiro atoms. The quantitative estimate of drug-likeness (QED) is 0.889. The highest BCUT2D eigenvalue weighted by atomic mass is 16.5. The number of imidazole rings is 1. The topological polar surface area (TPSA) is 41.1 Å². The predicted molar refractivity (Wildman–Crippen MR) is 87.8 cm³/mol. The Morgan fingerprint density at radius 2 is 2.27 bits per heavy atom. The molecule has 2 heterocycles. The molecule has 118 valence electrons. The molecule has 1 aromatic heterocycles. The van der Waals surface area contributed by atoms with Gasteiger partial charge >= 0.3 is 0 Å². The smallest absolute Gasteiger partial charge is 0.119 e. The van der Waals surface area contributed by atoms with Gasteiger partial charge in [0.1, 0.15) is 5.75 Å². The maximum absolute atomic E-state index is 5.86. The normalized spacial score (nSPS) is 15.0. The summed E-state index contributed by atoms with van der Waals surface area (Å²) in [6.45, 7) is 8.21. The SMILES string of the molecule is CC(C)CCOc1cccc(CN2CCc3nc[nH]c3C2)c1. The third-order valence-corrected chi connectivity index (χ3v) is 4.12. The minimum Gasteiger partial charge on any atom is -0.494 e. The minimum atomic E-state index is 0.681. The molecule has 0 saturated heterocycles.